The maximum absolute atomic E-state index is 12.0. The maximum Gasteiger partial charge on any atom is 0.225 e. The van der Waals surface area contributed by atoms with Gasteiger partial charge >= 0.3 is 0 Å². The summed E-state index contributed by atoms with van der Waals surface area (Å²) in [5, 5.41) is 0. The Morgan fingerprint density at radius 2 is 1.88 bits per heavy atom. The van der Waals surface area contributed by atoms with Gasteiger partial charge in [-0.2, -0.15) is 0 Å². The zero-order valence-electron chi connectivity index (χ0n) is 10.6. The molecule has 0 N–H and O–H groups in total. The lowest BCUT2D eigenvalue weighted by Crippen LogP contribution is -2.44. The van der Waals surface area contributed by atoms with Crippen LogP contribution in [0.2, 0.25) is 0 Å². The fraction of sp³-hybridized carbons (Fsp3) is 0.923. The van der Waals surface area contributed by atoms with E-state index in [2.05, 4.69) is 9.80 Å². The molecule has 0 saturated carbocycles. The highest BCUT2D eigenvalue weighted by atomic mass is 16.2. The predicted octanol–water partition coefficient (Wildman–Crippen LogP) is 1.73. The Kier molecular flexibility index (Phi) is 3.85. The van der Waals surface area contributed by atoms with Gasteiger partial charge in [0.1, 0.15) is 0 Å². The van der Waals surface area contributed by atoms with Crippen LogP contribution in [0.15, 0.2) is 0 Å². The van der Waals surface area contributed by atoms with Gasteiger partial charge < -0.3 is 9.80 Å². The summed E-state index contributed by atoms with van der Waals surface area (Å²) in [4.78, 5) is 16.7. The first kappa shape index (κ1) is 11.9. The van der Waals surface area contributed by atoms with Gasteiger partial charge in [0, 0.05) is 25.0 Å². The van der Waals surface area contributed by atoms with E-state index in [1.54, 1.807) is 0 Å². The summed E-state index contributed by atoms with van der Waals surface area (Å²) < 4.78 is 0. The summed E-state index contributed by atoms with van der Waals surface area (Å²) in [7, 11) is 0. The average molecular weight is 224 g/mol. The van der Waals surface area contributed by atoms with Gasteiger partial charge in [-0.1, -0.05) is 13.8 Å². The van der Waals surface area contributed by atoms with Crippen LogP contribution in [-0.2, 0) is 4.79 Å². The molecule has 1 unspecified atom stereocenters. The smallest absolute Gasteiger partial charge is 0.225 e. The minimum absolute atomic E-state index is 0.152. The van der Waals surface area contributed by atoms with E-state index in [4.69, 9.17) is 0 Å². The zero-order valence-corrected chi connectivity index (χ0v) is 10.6. The number of carbonyl (C=O) groups excluding carboxylic acids is 1. The van der Waals surface area contributed by atoms with Crippen molar-refractivity contribution in [1.29, 1.82) is 0 Å². The third-order valence-electron chi connectivity index (χ3n) is 3.82. The number of rotatable bonds is 3. The fourth-order valence-electron chi connectivity index (χ4n) is 2.91. The highest BCUT2D eigenvalue weighted by Gasteiger charge is 2.31. The molecule has 16 heavy (non-hydrogen) atoms. The van der Waals surface area contributed by atoms with Crippen molar-refractivity contribution in [2.75, 3.05) is 26.2 Å². The Balaban J connectivity index is 1.89. The molecule has 2 fully saturated rings. The van der Waals surface area contributed by atoms with Crippen molar-refractivity contribution >= 4 is 5.91 Å². The highest BCUT2D eigenvalue weighted by molar-refractivity contribution is 5.78. The zero-order chi connectivity index (χ0) is 11.5. The molecule has 3 heteroatoms. The second-order valence-electron chi connectivity index (χ2n) is 5.49. The van der Waals surface area contributed by atoms with Crippen LogP contribution in [0, 0.1) is 5.92 Å². The van der Waals surface area contributed by atoms with Crippen LogP contribution in [0.3, 0.4) is 0 Å². The van der Waals surface area contributed by atoms with Crippen LogP contribution in [0.1, 0.15) is 39.5 Å². The molecule has 0 spiro atoms. The number of carbonyl (C=O) groups is 1. The third-order valence-corrected chi connectivity index (χ3v) is 3.82. The Bertz CT molecular complexity index is 246. The van der Waals surface area contributed by atoms with Gasteiger partial charge in [-0.25, -0.2) is 0 Å². The van der Waals surface area contributed by atoms with E-state index in [0.717, 1.165) is 13.1 Å². The normalized spacial score (nSPS) is 26.9. The summed E-state index contributed by atoms with van der Waals surface area (Å²) in [6.07, 6.45) is 5.07. The van der Waals surface area contributed by atoms with Gasteiger partial charge in [0.2, 0.25) is 5.91 Å². The van der Waals surface area contributed by atoms with Crippen LogP contribution in [0.4, 0.5) is 0 Å². The topological polar surface area (TPSA) is 23.6 Å². The standard InChI is InChI=1S/C13H24N2O/c1-11(2)13(16)15-9-5-6-12(15)10-14-7-3-4-8-14/h11-12H,3-10H2,1-2H3. The Labute approximate surface area is 98.8 Å². The molecule has 2 heterocycles. The van der Waals surface area contributed by atoms with Crippen LogP contribution in [-0.4, -0.2) is 47.9 Å². The second kappa shape index (κ2) is 5.17. The van der Waals surface area contributed by atoms with E-state index in [1.807, 2.05) is 13.8 Å². The Morgan fingerprint density at radius 3 is 2.50 bits per heavy atom. The molecule has 1 atom stereocenters. The highest BCUT2D eigenvalue weighted by Crippen LogP contribution is 2.22. The summed E-state index contributed by atoms with van der Waals surface area (Å²) in [5.41, 5.74) is 0. The van der Waals surface area contributed by atoms with Crippen molar-refractivity contribution in [3.8, 4) is 0 Å². The summed E-state index contributed by atoms with van der Waals surface area (Å²) in [6, 6.07) is 0.494. The molecule has 2 saturated heterocycles. The van der Waals surface area contributed by atoms with E-state index in [1.165, 1.54) is 38.8 Å². The molecule has 2 aliphatic rings. The minimum atomic E-state index is 0.152. The van der Waals surface area contributed by atoms with E-state index in [-0.39, 0.29) is 5.92 Å². The molecule has 3 nitrogen and oxygen atoms in total. The molecule has 0 aromatic carbocycles. The lowest BCUT2D eigenvalue weighted by atomic mass is 10.1. The van der Waals surface area contributed by atoms with Crippen molar-refractivity contribution in [3.05, 3.63) is 0 Å². The average Bonchev–Trinajstić information content (AvgIpc) is 2.88. The van der Waals surface area contributed by atoms with Gasteiger partial charge in [0.05, 0.1) is 0 Å². The number of hydrogen-bond acceptors (Lipinski definition) is 2. The molecule has 1 amide bonds. The number of nitrogens with zero attached hydrogens (tertiary/aromatic N) is 2. The quantitative estimate of drug-likeness (QED) is 0.729. The summed E-state index contributed by atoms with van der Waals surface area (Å²) in [5.74, 6) is 0.501. The van der Waals surface area contributed by atoms with Crippen LogP contribution < -0.4 is 0 Å². The summed E-state index contributed by atoms with van der Waals surface area (Å²) in [6.45, 7) is 8.58. The molecular formula is C13H24N2O. The minimum Gasteiger partial charge on any atom is -0.338 e. The van der Waals surface area contributed by atoms with Gasteiger partial charge in [-0.3, -0.25) is 4.79 Å². The molecule has 0 aliphatic carbocycles. The van der Waals surface area contributed by atoms with Crippen molar-refractivity contribution in [3.63, 3.8) is 0 Å². The number of hydrogen-bond donors (Lipinski definition) is 0. The third kappa shape index (κ3) is 2.57. The first-order valence-corrected chi connectivity index (χ1v) is 6.71. The Hall–Kier alpha value is -0.570. The van der Waals surface area contributed by atoms with Crippen molar-refractivity contribution in [2.24, 2.45) is 5.92 Å². The SMILES string of the molecule is CC(C)C(=O)N1CCCC1CN1CCCC1. The van der Waals surface area contributed by atoms with Crippen molar-refractivity contribution < 1.29 is 4.79 Å². The lowest BCUT2D eigenvalue weighted by Gasteiger charge is -2.29. The van der Waals surface area contributed by atoms with Gasteiger partial charge in [0.15, 0.2) is 0 Å². The van der Waals surface area contributed by atoms with Crippen LogP contribution in [0.25, 0.3) is 0 Å². The fourth-order valence-corrected chi connectivity index (χ4v) is 2.91. The van der Waals surface area contributed by atoms with E-state index in [0.29, 0.717) is 11.9 Å². The molecule has 0 radical (unpaired) electrons. The van der Waals surface area contributed by atoms with Gasteiger partial charge in [-0.15, -0.1) is 0 Å². The lowest BCUT2D eigenvalue weighted by molar-refractivity contribution is -0.135. The molecule has 92 valence electrons. The predicted molar refractivity (Wildman–Crippen MR) is 65.2 cm³/mol. The molecule has 2 aliphatic heterocycles. The molecule has 0 bridgehead atoms. The van der Waals surface area contributed by atoms with E-state index < -0.39 is 0 Å². The van der Waals surface area contributed by atoms with Crippen LogP contribution >= 0.6 is 0 Å². The first-order valence-electron chi connectivity index (χ1n) is 6.71. The van der Waals surface area contributed by atoms with Crippen molar-refractivity contribution in [1.82, 2.24) is 9.80 Å². The van der Waals surface area contributed by atoms with E-state index >= 15 is 0 Å². The first-order chi connectivity index (χ1) is 7.68. The molecule has 2 rings (SSSR count). The summed E-state index contributed by atoms with van der Waals surface area (Å²) >= 11 is 0. The van der Waals surface area contributed by atoms with Gasteiger partial charge in [-0.05, 0) is 38.8 Å². The molecular weight excluding hydrogens is 200 g/mol. The maximum atomic E-state index is 12.0. The largest absolute Gasteiger partial charge is 0.338 e. The molecule has 0 aromatic heterocycles. The van der Waals surface area contributed by atoms with Crippen molar-refractivity contribution in [2.45, 2.75) is 45.6 Å². The monoisotopic (exact) mass is 224 g/mol. The van der Waals surface area contributed by atoms with Crippen LogP contribution in [0.5, 0.6) is 0 Å². The van der Waals surface area contributed by atoms with E-state index in [9.17, 15) is 4.79 Å². The number of amides is 1. The molecule has 0 aromatic rings. The second-order valence-corrected chi connectivity index (χ2v) is 5.49. The van der Waals surface area contributed by atoms with Gasteiger partial charge in [0.25, 0.3) is 0 Å². The number of likely N-dealkylation sites (tertiary alicyclic amines) is 2. The Morgan fingerprint density at radius 1 is 1.19 bits per heavy atom.